The molecule has 0 fully saturated rings. The highest BCUT2D eigenvalue weighted by molar-refractivity contribution is 5.89. The van der Waals surface area contributed by atoms with Gasteiger partial charge in [-0.1, -0.05) is 13.3 Å². The molecule has 1 aromatic heterocycles. The van der Waals surface area contributed by atoms with Crippen LogP contribution in [0.5, 0.6) is 0 Å². The first kappa shape index (κ1) is 15.5. The first-order valence-electron chi connectivity index (χ1n) is 6.78. The van der Waals surface area contributed by atoms with Gasteiger partial charge in [-0.15, -0.1) is 5.10 Å². The van der Waals surface area contributed by atoms with Crippen molar-refractivity contribution in [1.82, 2.24) is 20.2 Å². The number of rotatable bonds is 7. The highest BCUT2D eigenvalue weighted by Gasteiger charge is 2.13. The third-order valence-corrected chi connectivity index (χ3v) is 2.98. The van der Waals surface area contributed by atoms with Gasteiger partial charge in [0, 0.05) is 18.7 Å². The average Bonchev–Trinajstić information content (AvgIpc) is 2.98. The number of hydrogen-bond donors (Lipinski definition) is 0. The van der Waals surface area contributed by atoms with Crippen molar-refractivity contribution in [3.63, 3.8) is 0 Å². The van der Waals surface area contributed by atoms with Gasteiger partial charge in [0.15, 0.2) is 12.4 Å². The summed E-state index contributed by atoms with van der Waals surface area (Å²) in [5.41, 5.74) is 0.151. The summed E-state index contributed by atoms with van der Waals surface area (Å²) in [6.45, 7) is 2.67. The summed E-state index contributed by atoms with van der Waals surface area (Å²) in [4.78, 5) is 21.9. The molecule has 2 rings (SSSR count). The number of unbranched alkanes of at least 4 members (excludes halogenated alkanes) is 1. The molecule has 2 aromatic rings. The van der Waals surface area contributed by atoms with Gasteiger partial charge in [0.25, 0.3) is 5.69 Å². The number of ether oxygens (including phenoxy) is 1. The molecule has 1 aromatic carbocycles. The Kier molecular flexibility index (Phi) is 5.12. The van der Waals surface area contributed by atoms with Crippen molar-refractivity contribution in [1.29, 1.82) is 0 Å². The van der Waals surface area contributed by atoms with Crippen LogP contribution < -0.4 is 0 Å². The number of benzene rings is 1. The number of aryl methyl sites for hydroxylation is 1. The summed E-state index contributed by atoms with van der Waals surface area (Å²) in [6.07, 6.45) is 1.93. The summed E-state index contributed by atoms with van der Waals surface area (Å²) >= 11 is 0. The van der Waals surface area contributed by atoms with Crippen LogP contribution in [0, 0.1) is 10.1 Å². The molecule has 0 amide bonds. The molecule has 0 spiro atoms. The predicted molar refractivity (Wildman–Crippen MR) is 74.9 cm³/mol. The van der Waals surface area contributed by atoms with Gasteiger partial charge in [0.05, 0.1) is 10.5 Å². The Morgan fingerprint density at radius 1 is 1.36 bits per heavy atom. The van der Waals surface area contributed by atoms with Crippen LogP contribution in [0.4, 0.5) is 5.69 Å². The van der Waals surface area contributed by atoms with Crippen molar-refractivity contribution in [2.24, 2.45) is 0 Å². The Labute approximate surface area is 126 Å². The highest BCUT2D eigenvalue weighted by Crippen LogP contribution is 2.13. The van der Waals surface area contributed by atoms with E-state index in [9.17, 15) is 14.9 Å². The van der Waals surface area contributed by atoms with Crippen molar-refractivity contribution in [3.8, 4) is 0 Å². The van der Waals surface area contributed by atoms with Gasteiger partial charge < -0.3 is 4.74 Å². The topological polar surface area (TPSA) is 113 Å². The van der Waals surface area contributed by atoms with E-state index >= 15 is 0 Å². The van der Waals surface area contributed by atoms with E-state index in [-0.39, 0.29) is 17.9 Å². The Bertz CT molecular complexity index is 653. The molecule has 22 heavy (non-hydrogen) atoms. The third-order valence-electron chi connectivity index (χ3n) is 2.98. The number of esters is 1. The zero-order valence-corrected chi connectivity index (χ0v) is 12.0. The maximum Gasteiger partial charge on any atom is 0.338 e. The lowest BCUT2D eigenvalue weighted by atomic mass is 10.2. The van der Waals surface area contributed by atoms with Gasteiger partial charge in [-0.3, -0.25) is 10.1 Å². The largest absolute Gasteiger partial charge is 0.454 e. The zero-order valence-electron chi connectivity index (χ0n) is 12.0. The van der Waals surface area contributed by atoms with Gasteiger partial charge in [0.1, 0.15) is 0 Å². The van der Waals surface area contributed by atoms with Crippen molar-refractivity contribution in [3.05, 3.63) is 45.8 Å². The molecule has 116 valence electrons. The lowest BCUT2D eigenvalue weighted by Gasteiger charge is -2.05. The Morgan fingerprint density at radius 2 is 2.09 bits per heavy atom. The van der Waals surface area contributed by atoms with Crippen LogP contribution in [0.25, 0.3) is 0 Å². The quantitative estimate of drug-likeness (QED) is 0.435. The summed E-state index contributed by atoms with van der Waals surface area (Å²) < 4.78 is 6.71. The summed E-state index contributed by atoms with van der Waals surface area (Å²) in [7, 11) is 0. The Balaban J connectivity index is 1.95. The molecule has 9 nitrogen and oxygen atoms in total. The van der Waals surface area contributed by atoms with Crippen molar-refractivity contribution in [2.75, 3.05) is 0 Å². The number of nitrogens with zero attached hydrogens (tertiary/aromatic N) is 5. The fourth-order valence-electron chi connectivity index (χ4n) is 1.74. The number of nitro benzene ring substituents is 1. The molecule has 0 unspecified atom stereocenters. The number of nitro groups is 1. The van der Waals surface area contributed by atoms with E-state index in [0.717, 1.165) is 12.8 Å². The summed E-state index contributed by atoms with van der Waals surface area (Å²) in [6, 6.07) is 5.20. The van der Waals surface area contributed by atoms with Crippen LogP contribution in [0.15, 0.2) is 24.3 Å². The SMILES string of the molecule is CCCCn1nnnc1COC(=O)c1ccc([N+](=O)[O-])cc1. The van der Waals surface area contributed by atoms with Gasteiger partial charge in [0.2, 0.25) is 0 Å². The van der Waals surface area contributed by atoms with E-state index in [4.69, 9.17) is 4.74 Å². The van der Waals surface area contributed by atoms with E-state index in [1.807, 2.05) is 0 Å². The van der Waals surface area contributed by atoms with E-state index in [0.29, 0.717) is 12.4 Å². The standard InChI is InChI=1S/C13H15N5O4/c1-2-3-8-17-12(14-15-16-17)9-22-13(19)10-4-6-11(7-5-10)18(20)21/h4-7H,2-3,8-9H2,1H3. The first-order chi connectivity index (χ1) is 10.6. The van der Waals surface area contributed by atoms with E-state index in [2.05, 4.69) is 22.4 Å². The second-order valence-corrected chi connectivity index (χ2v) is 4.55. The molecule has 0 aliphatic heterocycles. The number of non-ortho nitro benzene ring substituents is 1. The van der Waals surface area contributed by atoms with Crippen LogP contribution in [0.3, 0.4) is 0 Å². The maximum absolute atomic E-state index is 11.9. The fraction of sp³-hybridized carbons (Fsp3) is 0.385. The van der Waals surface area contributed by atoms with Crippen LogP contribution in [0.2, 0.25) is 0 Å². The third kappa shape index (κ3) is 3.84. The van der Waals surface area contributed by atoms with Crippen LogP contribution in [0.1, 0.15) is 35.9 Å². The molecule has 0 aliphatic carbocycles. The molecule has 9 heteroatoms. The molecular formula is C13H15N5O4. The molecule has 0 bridgehead atoms. The van der Waals surface area contributed by atoms with Gasteiger partial charge >= 0.3 is 5.97 Å². The minimum Gasteiger partial charge on any atom is -0.454 e. The smallest absolute Gasteiger partial charge is 0.338 e. The highest BCUT2D eigenvalue weighted by atomic mass is 16.6. The summed E-state index contributed by atoms with van der Waals surface area (Å²) in [5, 5.41) is 21.7. The normalized spacial score (nSPS) is 10.4. The van der Waals surface area contributed by atoms with Crippen LogP contribution in [-0.4, -0.2) is 31.1 Å². The van der Waals surface area contributed by atoms with Crippen LogP contribution >= 0.6 is 0 Å². The van der Waals surface area contributed by atoms with Crippen LogP contribution in [-0.2, 0) is 17.9 Å². The van der Waals surface area contributed by atoms with E-state index < -0.39 is 10.9 Å². The lowest BCUT2D eigenvalue weighted by Crippen LogP contribution is -2.11. The van der Waals surface area contributed by atoms with Crippen molar-refractivity contribution >= 4 is 11.7 Å². The molecule has 0 N–H and O–H groups in total. The first-order valence-corrected chi connectivity index (χ1v) is 6.78. The fourth-order valence-corrected chi connectivity index (χ4v) is 1.74. The number of carbonyl (C=O) groups excluding carboxylic acids is 1. The zero-order chi connectivity index (χ0) is 15.9. The predicted octanol–water partition coefficient (Wildman–Crippen LogP) is 1.74. The molecule has 1 heterocycles. The number of carbonyl (C=O) groups is 1. The molecular weight excluding hydrogens is 290 g/mol. The molecule has 0 radical (unpaired) electrons. The molecule has 0 atom stereocenters. The maximum atomic E-state index is 11.9. The minimum absolute atomic E-state index is 0.0491. The second kappa shape index (κ2) is 7.25. The Morgan fingerprint density at radius 3 is 2.73 bits per heavy atom. The monoisotopic (exact) mass is 305 g/mol. The molecule has 0 saturated carbocycles. The molecule has 0 aliphatic rings. The Hall–Kier alpha value is -2.84. The van der Waals surface area contributed by atoms with E-state index in [1.165, 1.54) is 24.3 Å². The lowest BCUT2D eigenvalue weighted by molar-refractivity contribution is -0.384. The number of aromatic nitrogens is 4. The molecule has 0 saturated heterocycles. The van der Waals surface area contributed by atoms with Crippen molar-refractivity contribution < 1.29 is 14.5 Å². The number of hydrogen-bond acceptors (Lipinski definition) is 7. The number of tetrazole rings is 1. The van der Waals surface area contributed by atoms with E-state index in [1.54, 1.807) is 4.68 Å². The minimum atomic E-state index is -0.583. The van der Waals surface area contributed by atoms with Gasteiger partial charge in [-0.25, -0.2) is 9.48 Å². The van der Waals surface area contributed by atoms with Crippen molar-refractivity contribution in [2.45, 2.75) is 32.9 Å². The van der Waals surface area contributed by atoms with Gasteiger partial charge in [-0.05, 0) is 29.0 Å². The second-order valence-electron chi connectivity index (χ2n) is 4.55. The van der Waals surface area contributed by atoms with Gasteiger partial charge in [-0.2, -0.15) is 0 Å². The summed E-state index contributed by atoms with van der Waals surface area (Å²) in [5.74, 6) is -0.122. The average molecular weight is 305 g/mol.